The Labute approximate surface area is 86.9 Å². The fraction of sp³-hybridized carbons (Fsp3) is 0.750. The second-order valence-electron chi connectivity index (χ2n) is 2.97. The summed E-state index contributed by atoms with van der Waals surface area (Å²) in [5.41, 5.74) is 0. The van der Waals surface area contributed by atoms with Crippen molar-refractivity contribution in [1.82, 2.24) is 10.2 Å². The minimum Gasteiger partial charge on any atom is -0.466 e. The van der Waals surface area contributed by atoms with Crippen molar-refractivity contribution in [3.63, 3.8) is 0 Å². The molecule has 1 unspecified atom stereocenters. The number of esters is 1. The van der Waals surface area contributed by atoms with Crippen LogP contribution in [-0.4, -0.2) is 61.6 Å². The van der Waals surface area contributed by atoms with Crippen molar-refractivity contribution in [3.8, 4) is 0 Å². The lowest BCUT2D eigenvalue weighted by Crippen LogP contribution is -2.51. The van der Waals surface area contributed by atoms with Gasteiger partial charge >= 0.3 is 12.0 Å². The van der Waals surface area contributed by atoms with Crippen LogP contribution < -0.4 is 5.32 Å². The van der Waals surface area contributed by atoms with Crippen molar-refractivity contribution in [2.24, 2.45) is 0 Å². The summed E-state index contributed by atoms with van der Waals surface area (Å²) in [7, 11) is 1.13. The minimum absolute atomic E-state index is 0.444. The number of rotatable bonds is 2. The summed E-state index contributed by atoms with van der Waals surface area (Å²) >= 11 is 0. The third kappa shape index (κ3) is 3.37. The zero-order valence-corrected chi connectivity index (χ0v) is 8.43. The molecule has 0 aromatic carbocycles. The van der Waals surface area contributed by atoms with E-state index in [1.165, 1.54) is 4.90 Å². The number of nitrogens with one attached hydrogen (secondary N) is 1. The van der Waals surface area contributed by atoms with E-state index in [1.807, 2.05) is 0 Å². The fourth-order valence-electron chi connectivity index (χ4n) is 1.15. The van der Waals surface area contributed by atoms with Crippen LogP contribution in [-0.2, 0) is 14.3 Å². The van der Waals surface area contributed by atoms with E-state index in [0.29, 0.717) is 26.3 Å². The summed E-state index contributed by atoms with van der Waals surface area (Å²) in [4.78, 5) is 23.7. The Bertz CT molecular complexity index is 239. The molecule has 0 aromatic rings. The molecule has 1 fully saturated rings. The number of carbonyl (C=O) groups is 2. The van der Waals surface area contributed by atoms with E-state index in [9.17, 15) is 9.59 Å². The normalized spacial score (nSPS) is 18.1. The van der Waals surface area contributed by atoms with Gasteiger partial charge in [0.25, 0.3) is 0 Å². The van der Waals surface area contributed by atoms with Gasteiger partial charge in [-0.2, -0.15) is 0 Å². The smallest absolute Gasteiger partial charge is 0.356 e. The SMILES string of the molecule is COC(=O)C(O)NC(=O)N1CCOCC1. The number of amides is 2. The lowest BCUT2D eigenvalue weighted by atomic mass is 10.4. The molecular formula is C8H14N2O5. The average Bonchev–Trinajstić information content (AvgIpc) is 2.29. The molecular weight excluding hydrogens is 204 g/mol. The monoisotopic (exact) mass is 218 g/mol. The van der Waals surface area contributed by atoms with E-state index in [-0.39, 0.29) is 0 Å². The molecule has 7 nitrogen and oxygen atoms in total. The molecule has 2 amide bonds. The summed E-state index contributed by atoms with van der Waals surface area (Å²) < 4.78 is 9.30. The standard InChI is InChI=1S/C8H14N2O5/c1-14-7(12)6(11)9-8(13)10-2-4-15-5-3-10/h6,11H,2-5H2,1H3,(H,9,13). The highest BCUT2D eigenvalue weighted by atomic mass is 16.5. The number of nitrogens with zero attached hydrogens (tertiary/aromatic N) is 1. The Kier molecular flexibility index (Phi) is 4.32. The molecule has 0 aliphatic carbocycles. The molecule has 0 bridgehead atoms. The van der Waals surface area contributed by atoms with Crippen LogP contribution >= 0.6 is 0 Å². The Morgan fingerprint density at radius 1 is 1.47 bits per heavy atom. The summed E-state index contributed by atoms with van der Waals surface area (Å²) in [6.45, 7) is 1.81. The van der Waals surface area contributed by atoms with E-state index in [0.717, 1.165) is 7.11 Å². The zero-order valence-electron chi connectivity index (χ0n) is 8.43. The van der Waals surface area contributed by atoms with Crippen LogP contribution in [0.2, 0.25) is 0 Å². The number of methoxy groups -OCH3 is 1. The second kappa shape index (κ2) is 5.52. The first kappa shape index (κ1) is 11.7. The van der Waals surface area contributed by atoms with Crippen LogP contribution in [0.25, 0.3) is 0 Å². The maximum Gasteiger partial charge on any atom is 0.356 e. The minimum atomic E-state index is -1.62. The number of urea groups is 1. The van der Waals surface area contributed by atoms with Gasteiger partial charge < -0.3 is 24.8 Å². The quantitative estimate of drug-likeness (QED) is 0.436. The molecule has 1 aliphatic heterocycles. The first-order valence-electron chi connectivity index (χ1n) is 4.54. The van der Waals surface area contributed by atoms with Gasteiger partial charge in [0.2, 0.25) is 6.23 Å². The predicted molar refractivity (Wildman–Crippen MR) is 48.9 cm³/mol. The average molecular weight is 218 g/mol. The van der Waals surface area contributed by atoms with Crippen molar-refractivity contribution < 1.29 is 24.2 Å². The molecule has 86 valence electrons. The van der Waals surface area contributed by atoms with Gasteiger partial charge in [-0.25, -0.2) is 9.59 Å². The van der Waals surface area contributed by atoms with Crippen LogP contribution in [0.1, 0.15) is 0 Å². The van der Waals surface area contributed by atoms with Crippen LogP contribution in [0.5, 0.6) is 0 Å². The van der Waals surface area contributed by atoms with Crippen LogP contribution in [0, 0.1) is 0 Å². The zero-order chi connectivity index (χ0) is 11.3. The van der Waals surface area contributed by atoms with E-state index in [2.05, 4.69) is 10.1 Å². The van der Waals surface area contributed by atoms with Gasteiger partial charge in [0, 0.05) is 13.1 Å². The number of aliphatic hydroxyl groups excluding tert-OH is 1. The van der Waals surface area contributed by atoms with Crippen molar-refractivity contribution in [3.05, 3.63) is 0 Å². The molecule has 0 spiro atoms. The molecule has 1 rings (SSSR count). The number of aliphatic hydroxyl groups is 1. The molecule has 1 atom stereocenters. The second-order valence-corrected chi connectivity index (χ2v) is 2.97. The van der Waals surface area contributed by atoms with E-state index in [1.54, 1.807) is 0 Å². The Hall–Kier alpha value is -1.34. The summed E-state index contributed by atoms with van der Waals surface area (Å²) in [6.07, 6.45) is -1.62. The number of ether oxygens (including phenoxy) is 2. The highest BCUT2D eigenvalue weighted by molar-refractivity contribution is 5.82. The molecule has 1 aliphatic rings. The van der Waals surface area contributed by atoms with Crippen LogP contribution in [0.3, 0.4) is 0 Å². The van der Waals surface area contributed by atoms with Gasteiger partial charge in [0.05, 0.1) is 20.3 Å². The highest BCUT2D eigenvalue weighted by Crippen LogP contribution is 1.97. The summed E-state index contributed by atoms with van der Waals surface area (Å²) in [5.74, 6) is -0.892. The first-order valence-corrected chi connectivity index (χ1v) is 4.54. The van der Waals surface area contributed by atoms with Crippen LogP contribution in [0.15, 0.2) is 0 Å². The molecule has 1 saturated heterocycles. The lowest BCUT2D eigenvalue weighted by Gasteiger charge is -2.27. The highest BCUT2D eigenvalue weighted by Gasteiger charge is 2.22. The third-order valence-electron chi connectivity index (χ3n) is 1.98. The largest absolute Gasteiger partial charge is 0.466 e. The maximum absolute atomic E-state index is 11.4. The van der Waals surface area contributed by atoms with Gasteiger partial charge in [-0.3, -0.25) is 0 Å². The van der Waals surface area contributed by atoms with Gasteiger partial charge in [0.15, 0.2) is 0 Å². The Balaban J connectivity index is 2.36. The van der Waals surface area contributed by atoms with Crippen molar-refractivity contribution in [2.45, 2.75) is 6.23 Å². The summed E-state index contributed by atoms with van der Waals surface area (Å²) in [6, 6.07) is -0.504. The molecule has 0 saturated carbocycles. The predicted octanol–water partition coefficient (Wildman–Crippen LogP) is -1.48. The van der Waals surface area contributed by atoms with Gasteiger partial charge in [-0.15, -0.1) is 0 Å². The maximum atomic E-state index is 11.4. The van der Waals surface area contributed by atoms with Crippen molar-refractivity contribution in [1.29, 1.82) is 0 Å². The lowest BCUT2D eigenvalue weighted by molar-refractivity contribution is -0.151. The first-order chi connectivity index (χ1) is 7.15. The molecule has 7 heteroatoms. The number of hydrogen-bond donors (Lipinski definition) is 2. The Morgan fingerprint density at radius 3 is 2.60 bits per heavy atom. The third-order valence-corrected chi connectivity index (χ3v) is 1.98. The molecule has 0 radical (unpaired) electrons. The van der Waals surface area contributed by atoms with E-state index >= 15 is 0 Å². The van der Waals surface area contributed by atoms with Gasteiger partial charge in [-0.05, 0) is 0 Å². The number of hydrogen-bond acceptors (Lipinski definition) is 5. The molecule has 15 heavy (non-hydrogen) atoms. The number of morpholine rings is 1. The molecule has 1 heterocycles. The summed E-state index contributed by atoms with van der Waals surface area (Å²) in [5, 5.41) is 11.3. The van der Waals surface area contributed by atoms with E-state index in [4.69, 9.17) is 9.84 Å². The molecule has 2 N–H and O–H groups in total. The molecule has 0 aromatic heterocycles. The van der Waals surface area contributed by atoms with Gasteiger partial charge in [-0.1, -0.05) is 0 Å². The number of carbonyl (C=O) groups excluding carboxylic acids is 2. The van der Waals surface area contributed by atoms with E-state index < -0.39 is 18.2 Å². The van der Waals surface area contributed by atoms with Crippen molar-refractivity contribution >= 4 is 12.0 Å². The van der Waals surface area contributed by atoms with Crippen molar-refractivity contribution in [2.75, 3.05) is 33.4 Å². The van der Waals surface area contributed by atoms with Crippen LogP contribution in [0.4, 0.5) is 4.79 Å². The Morgan fingerprint density at radius 2 is 2.07 bits per heavy atom. The van der Waals surface area contributed by atoms with Gasteiger partial charge in [0.1, 0.15) is 0 Å². The topological polar surface area (TPSA) is 88.1 Å². The fourth-order valence-corrected chi connectivity index (χ4v) is 1.15.